The fourth-order valence-electron chi connectivity index (χ4n) is 1.46. The Morgan fingerprint density at radius 2 is 2.20 bits per heavy atom. The van der Waals surface area contributed by atoms with Crippen molar-refractivity contribution in [2.24, 2.45) is 5.10 Å². The van der Waals surface area contributed by atoms with Crippen molar-refractivity contribution in [3.05, 3.63) is 30.3 Å². The molecule has 2 rings (SSSR count). The zero-order valence-electron chi connectivity index (χ0n) is 8.55. The van der Waals surface area contributed by atoms with Crippen LogP contribution in [0.15, 0.2) is 35.4 Å². The van der Waals surface area contributed by atoms with Crippen molar-refractivity contribution in [1.29, 1.82) is 0 Å². The van der Waals surface area contributed by atoms with Gasteiger partial charge in [-0.25, -0.2) is 5.01 Å². The molecule has 1 atom stereocenters. The summed E-state index contributed by atoms with van der Waals surface area (Å²) in [6, 6.07) is 10.2. The molecule has 0 saturated heterocycles. The zero-order chi connectivity index (χ0) is 10.7. The number of nitrogens with one attached hydrogen (secondary N) is 1. The molecular formula is C11H13N3S. The number of hydrogen-bond donors (Lipinski definition) is 1. The van der Waals surface area contributed by atoms with Crippen LogP contribution in [0.4, 0.5) is 5.69 Å². The lowest BCUT2D eigenvalue weighted by atomic mass is 10.3. The van der Waals surface area contributed by atoms with Gasteiger partial charge in [0.05, 0.1) is 6.04 Å². The van der Waals surface area contributed by atoms with Crippen LogP contribution in [-0.4, -0.2) is 22.4 Å². The highest BCUT2D eigenvalue weighted by Gasteiger charge is 2.19. The predicted molar refractivity (Wildman–Crippen MR) is 67.1 cm³/mol. The van der Waals surface area contributed by atoms with E-state index in [1.165, 1.54) is 0 Å². The second kappa shape index (κ2) is 4.40. The standard InChI is InChI=1S/C11H13N3S/c1-9-7-8-12-14(9)11(15)13-10-5-3-2-4-6-10/h2-6,8-9H,7H2,1H3,(H,13,15)/t9-/m1/s1. The van der Waals surface area contributed by atoms with Gasteiger partial charge >= 0.3 is 0 Å². The Hall–Kier alpha value is -1.42. The van der Waals surface area contributed by atoms with Crippen molar-refractivity contribution < 1.29 is 0 Å². The lowest BCUT2D eigenvalue weighted by Gasteiger charge is -2.21. The SMILES string of the molecule is C[C@@H]1CC=NN1C(=S)Nc1ccccc1. The maximum absolute atomic E-state index is 5.27. The Bertz CT molecular complexity index is 375. The van der Waals surface area contributed by atoms with Crippen LogP contribution < -0.4 is 5.32 Å². The van der Waals surface area contributed by atoms with Crippen LogP contribution in [0.1, 0.15) is 13.3 Å². The summed E-state index contributed by atoms with van der Waals surface area (Å²) in [5, 5.41) is 9.87. The van der Waals surface area contributed by atoms with E-state index in [0.29, 0.717) is 11.2 Å². The van der Waals surface area contributed by atoms with E-state index in [4.69, 9.17) is 12.2 Å². The Kier molecular flexibility index (Phi) is 2.97. The van der Waals surface area contributed by atoms with Gasteiger partial charge in [0.1, 0.15) is 0 Å². The molecule has 1 aliphatic heterocycles. The van der Waals surface area contributed by atoms with E-state index in [1.807, 2.05) is 41.6 Å². The second-order valence-corrected chi connectivity index (χ2v) is 3.91. The number of nitrogens with zero attached hydrogens (tertiary/aromatic N) is 2. The minimum absolute atomic E-state index is 0.355. The highest BCUT2D eigenvalue weighted by Crippen LogP contribution is 2.13. The molecule has 0 spiro atoms. The summed E-state index contributed by atoms with van der Waals surface area (Å²) in [6.45, 7) is 2.10. The van der Waals surface area contributed by atoms with Crippen molar-refractivity contribution in [3.8, 4) is 0 Å². The molecule has 0 aliphatic carbocycles. The van der Waals surface area contributed by atoms with Crippen molar-refractivity contribution in [1.82, 2.24) is 5.01 Å². The Labute approximate surface area is 94.8 Å². The quantitative estimate of drug-likeness (QED) is 0.735. The number of para-hydroxylation sites is 1. The van der Waals surface area contributed by atoms with Gasteiger partial charge in [-0.15, -0.1) is 0 Å². The van der Waals surface area contributed by atoms with Gasteiger partial charge in [0, 0.05) is 18.3 Å². The molecule has 1 aromatic rings. The van der Waals surface area contributed by atoms with E-state index in [0.717, 1.165) is 12.1 Å². The van der Waals surface area contributed by atoms with E-state index in [1.54, 1.807) is 0 Å². The summed E-state index contributed by atoms with van der Waals surface area (Å²) >= 11 is 5.27. The van der Waals surface area contributed by atoms with Crippen LogP contribution in [0.2, 0.25) is 0 Å². The van der Waals surface area contributed by atoms with E-state index >= 15 is 0 Å². The fraction of sp³-hybridized carbons (Fsp3) is 0.273. The molecule has 0 aromatic heterocycles. The Morgan fingerprint density at radius 3 is 2.80 bits per heavy atom. The lowest BCUT2D eigenvalue weighted by molar-refractivity contribution is 0.390. The molecule has 1 aromatic carbocycles. The van der Waals surface area contributed by atoms with Gasteiger partial charge < -0.3 is 5.32 Å². The molecule has 0 bridgehead atoms. The largest absolute Gasteiger partial charge is 0.331 e. The van der Waals surface area contributed by atoms with Gasteiger partial charge in [0.15, 0.2) is 5.11 Å². The first-order valence-electron chi connectivity index (χ1n) is 4.95. The number of hydrazone groups is 1. The maximum atomic E-state index is 5.27. The molecule has 4 heteroatoms. The summed E-state index contributed by atoms with van der Waals surface area (Å²) < 4.78 is 0. The third-order valence-electron chi connectivity index (χ3n) is 2.30. The molecule has 1 N–H and O–H groups in total. The highest BCUT2D eigenvalue weighted by atomic mass is 32.1. The molecule has 0 amide bonds. The van der Waals surface area contributed by atoms with Gasteiger partial charge in [-0.3, -0.25) is 0 Å². The van der Waals surface area contributed by atoms with Crippen LogP contribution >= 0.6 is 12.2 Å². The van der Waals surface area contributed by atoms with Crippen LogP contribution in [0, 0.1) is 0 Å². The number of rotatable bonds is 1. The molecule has 0 unspecified atom stereocenters. The fourth-order valence-corrected chi connectivity index (χ4v) is 1.80. The minimum atomic E-state index is 0.355. The average molecular weight is 219 g/mol. The van der Waals surface area contributed by atoms with E-state index in [-0.39, 0.29) is 0 Å². The number of anilines is 1. The van der Waals surface area contributed by atoms with Crippen molar-refractivity contribution in [2.45, 2.75) is 19.4 Å². The topological polar surface area (TPSA) is 27.6 Å². The first-order chi connectivity index (χ1) is 7.27. The van der Waals surface area contributed by atoms with Crippen LogP contribution in [0.5, 0.6) is 0 Å². The molecule has 1 aliphatic rings. The molecule has 0 radical (unpaired) electrons. The van der Waals surface area contributed by atoms with Gasteiger partial charge in [-0.2, -0.15) is 5.10 Å². The first-order valence-corrected chi connectivity index (χ1v) is 5.36. The molecule has 15 heavy (non-hydrogen) atoms. The van der Waals surface area contributed by atoms with Crippen molar-refractivity contribution in [3.63, 3.8) is 0 Å². The van der Waals surface area contributed by atoms with E-state index in [9.17, 15) is 0 Å². The lowest BCUT2D eigenvalue weighted by Crippen LogP contribution is -2.34. The molecule has 1 heterocycles. The normalized spacial score (nSPS) is 19.3. The number of hydrogen-bond acceptors (Lipinski definition) is 2. The summed E-state index contributed by atoms with van der Waals surface area (Å²) in [5.74, 6) is 0. The van der Waals surface area contributed by atoms with Crippen LogP contribution in [0.25, 0.3) is 0 Å². The number of thiocarbonyl (C=S) groups is 1. The van der Waals surface area contributed by atoms with Gasteiger partial charge in [0.25, 0.3) is 0 Å². The van der Waals surface area contributed by atoms with E-state index in [2.05, 4.69) is 17.3 Å². The minimum Gasteiger partial charge on any atom is -0.331 e. The van der Waals surface area contributed by atoms with Crippen LogP contribution in [-0.2, 0) is 0 Å². The monoisotopic (exact) mass is 219 g/mol. The van der Waals surface area contributed by atoms with Gasteiger partial charge in [-0.1, -0.05) is 18.2 Å². The third kappa shape index (κ3) is 2.33. The van der Waals surface area contributed by atoms with Gasteiger partial charge in [-0.05, 0) is 31.3 Å². The van der Waals surface area contributed by atoms with Crippen molar-refractivity contribution in [2.75, 3.05) is 5.32 Å². The van der Waals surface area contributed by atoms with Gasteiger partial charge in [0.2, 0.25) is 0 Å². The average Bonchev–Trinajstić information content (AvgIpc) is 2.66. The molecule has 0 saturated carbocycles. The zero-order valence-corrected chi connectivity index (χ0v) is 9.37. The van der Waals surface area contributed by atoms with Crippen LogP contribution in [0.3, 0.4) is 0 Å². The highest BCUT2D eigenvalue weighted by molar-refractivity contribution is 7.80. The maximum Gasteiger partial charge on any atom is 0.194 e. The molecular weight excluding hydrogens is 206 g/mol. The first kappa shape index (κ1) is 10.1. The van der Waals surface area contributed by atoms with E-state index < -0.39 is 0 Å². The molecule has 0 fully saturated rings. The summed E-state index contributed by atoms with van der Waals surface area (Å²) in [6.07, 6.45) is 2.85. The predicted octanol–water partition coefficient (Wildman–Crippen LogP) is 2.46. The third-order valence-corrected chi connectivity index (χ3v) is 2.59. The van der Waals surface area contributed by atoms with Crippen molar-refractivity contribution >= 4 is 29.2 Å². The smallest absolute Gasteiger partial charge is 0.194 e. The Morgan fingerprint density at radius 1 is 1.47 bits per heavy atom. The molecule has 78 valence electrons. The Balaban J connectivity index is 2.01. The molecule has 3 nitrogen and oxygen atoms in total. The summed E-state index contributed by atoms with van der Waals surface area (Å²) in [4.78, 5) is 0. The summed E-state index contributed by atoms with van der Waals surface area (Å²) in [5.41, 5.74) is 0.997. The second-order valence-electron chi connectivity index (χ2n) is 3.52. The number of benzene rings is 1. The summed E-state index contributed by atoms with van der Waals surface area (Å²) in [7, 11) is 0.